The topological polar surface area (TPSA) is 123 Å². The van der Waals surface area contributed by atoms with Crippen molar-refractivity contribution in [1.82, 2.24) is 20.3 Å². The van der Waals surface area contributed by atoms with E-state index in [9.17, 15) is 14.4 Å². The number of para-hydroxylation sites is 1. The lowest BCUT2D eigenvalue weighted by Gasteiger charge is -2.07. The lowest BCUT2D eigenvalue weighted by atomic mass is 10.0. The zero-order valence-electron chi connectivity index (χ0n) is 18.2. The number of hydrogen-bond donors (Lipinski definition) is 2. The number of aromatic nitrogens is 3. The zero-order chi connectivity index (χ0) is 24.2. The first kappa shape index (κ1) is 23.0. The summed E-state index contributed by atoms with van der Waals surface area (Å²) in [7, 11) is 0. The molecule has 0 spiro atoms. The van der Waals surface area contributed by atoms with E-state index < -0.39 is 11.7 Å². The second-order valence-corrected chi connectivity index (χ2v) is 7.89. The number of amides is 1. The molecule has 0 aliphatic rings. The molecule has 0 atom stereocenters. The van der Waals surface area contributed by atoms with Crippen LogP contribution in [0.15, 0.2) is 53.1 Å². The number of halogens is 2. The first-order valence-corrected chi connectivity index (χ1v) is 10.8. The van der Waals surface area contributed by atoms with Crippen LogP contribution in [0, 0.1) is 24.1 Å². The Hall–Kier alpha value is -4.16. The third kappa shape index (κ3) is 4.36. The fourth-order valence-electron chi connectivity index (χ4n) is 3.62. The molecule has 0 bridgehead atoms. The summed E-state index contributed by atoms with van der Waals surface area (Å²) in [5.74, 6) is -0.569. The summed E-state index contributed by atoms with van der Waals surface area (Å²) in [5, 5.41) is 20.8. The summed E-state index contributed by atoms with van der Waals surface area (Å²) in [6, 6.07) is 15.6. The minimum Gasteiger partial charge on any atom is -0.382 e. The molecule has 172 valence electrons. The highest BCUT2D eigenvalue weighted by Crippen LogP contribution is 2.33. The van der Waals surface area contributed by atoms with Crippen LogP contribution in [0.4, 0.5) is 10.2 Å². The van der Waals surface area contributed by atoms with Gasteiger partial charge in [0.1, 0.15) is 40.3 Å². The van der Waals surface area contributed by atoms with Crippen LogP contribution < -0.4 is 11.1 Å². The normalized spacial score (nSPS) is 10.8. The number of hydrogen-bond acceptors (Lipinski definition) is 6. The first-order valence-electron chi connectivity index (χ1n) is 10.4. The van der Waals surface area contributed by atoms with Gasteiger partial charge in [0.2, 0.25) is 0 Å². The fraction of sp³-hybridized carbons (Fsp3) is 0.167. The van der Waals surface area contributed by atoms with E-state index in [1.54, 1.807) is 6.92 Å². The maximum Gasteiger partial charge on any atom is 0.257 e. The Kier molecular flexibility index (Phi) is 6.61. The number of nitrogens with two attached hydrogens (primary N) is 1. The molecule has 0 fully saturated rings. The highest BCUT2D eigenvalue weighted by Gasteiger charge is 2.25. The zero-order valence-corrected chi connectivity index (χ0v) is 18.9. The van der Waals surface area contributed by atoms with Crippen molar-refractivity contribution in [2.75, 3.05) is 12.3 Å². The van der Waals surface area contributed by atoms with Gasteiger partial charge in [0.15, 0.2) is 0 Å². The Morgan fingerprint density at radius 2 is 2.03 bits per heavy atom. The number of nitrogens with zero attached hydrogens (tertiary/aromatic N) is 4. The number of nitrogens with one attached hydrogen (secondary N) is 1. The summed E-state index contributed by atoms with van der Waals surface area (Å²) in [6.07, 6.45) is 0.910. The van der Waals surface area contributed by atoms with Crippen LogP contribution in [0.5, 0.6) is 0 Å². The molecule has 2 aromatic carbocycles. The second kappa shape index (κ2) is 9.77. The molecule has 4 rings (SSSR count). The van der Waals surface area contributed by atoms with Crippen LogP contribution in [-0.4, -0.2) is 27.4 Å². The van der Waals surface area contributed by atoms with Crippen molar-refractivity contribution in [1.29, 1.82) is 5.26 Å². The number of anilines is 1. The lowest BCUT2D eigenvalue weighted by molar-refractivity contribution is 0.0952. The van der Waals surface area contributed by atoms with Crippen molar-refractivity contribution < 1.29 is 13.7 Å². The quantitative estimate of drug-likeness (QED) is 0.378. The molecule has 0 aliphatic carbocycles. The maximum absolute atomic E-state index is 14.4. The summed E-state index contributed by atoms with van der Waals surface area (Å²) < 4.78 is 21.0. The highest BCUT2D eigenvalue weighted by atomic mass is 35.5. The molecule has 10 heteroatoms. The van der Waals surface area contributed by atoms with Gasteiger partial charge >= 0.3 is 0 Å². The molecule has 0 radical (unpaired) electrons. The number of nitrogen functional groups attached to an aromatic ring is 1. The third-order valence-electron chi connectivity index (χ3n) is 5.27. The Morgan fingerprint density at radius 1 is 1.26 bits per heavy atom. The number of benzene rings is 2. The van der Waals surface area contributed by atoms with E-state index in [4.69, 9.17) is 21.9 Å². The largest absolute Gasteiger partial charge is 0.382 e. The number of carbonyl (C=O) groups excluding carboxylic acids is 1. The number of aryl methyl sites for hydroxylation is 2. The van der Waals surface area contributed by atoms with Crippen molar-refractivity contribution in [3.63, 3.8) is 0 Å². The van der Waals surface area contributed by atoms with Gasteiger partial charge in [-0.25, -0.2) is 9.07 Å². The molecular weight excluding hydrogens is 459 g/mol. The second-order valence-electron chi connectivity index (χ2n) is 7.48. The van der Waals surface area contributed by atoms with Gasteiger partial charge in [-0.2, -0.15) is 10.4 Å². The molecule has 2 aromatic heterocycles. The SMILES string of the molecule is Cc1onc(-c2c(F)cccc2Cl)c1C(=O)NCCCc1nn(-c2ccccc2)c(N)c1C#N. The molecule has 0 saturated heterocycles. The smallest absolute Gasteiger partial charge is 0.257 e. The van der Waals surface area contributed by atoms with Crippen molar-refractivity contribution in [3.05, 3.63) is 82.0 Å². The predicted octanol–water partition coefficient (Wildman–Crippen LogP) is 4.44. The summed E-state index contributed by atoms with van der Waals surface area (Å²) in [4.78, 5) is 12.9. The molecule has 8 nitrogen and oxygen atoms in total. The van der Waals surface area contributed by atoms with Gasteiger partial charge < -0.3 is 15.6 Å². The predicted molar refractivity (Wildman–Crippen MR) is 125 cm³/mol. The van der Waals surface area contributed by atoms with Crippen molar-refractivity contribution >= 4 is 23.3 Å². The van der Waals surface area contributed by atoms with Crippen molar-refractivity contribution in [2.24, 2.45) is 0 Å². The van der Waals surface area contributed by atoms with E-state index >= 15 is 0 Å². The van der Waals surface area contributed by atoms with E-state index in [-0.39, 0.29) is 40.0 Å². The minimum absolute atomic E-state index is 0.00626. The van der Waals surface area contributed by atoms with Gasteiger partial charge in [0, 0.05) is 6.54 Å². The Morgan fingerprint density at radius 3 is 2.74 bits per heavy atom. The van der Waals surface area contributed by atoms with E-state index in [1.165, 1.54) is 22.9 Å². The van der Waals surface area contributed by atoms with Gasteiger partial charge in [-0.1, -0.05) is 41.0 Å². The fourth-order valence-corrected chi connectivity index (χ4v) is 3.87. The molecule has 34 heavy (non-hydrogen) atoms. The molecule has 0 aliphatic heterocycles. The highest BCUT2D eigenvalue weighted by molar-refractivity contribution is 6.33. The van der Waals surface area contributed by atoms with E-state index in [1.807, 2.05) is 30.3 Å². The summed E-state index contributed by atoms with van der Waals surface area (Å²) in [6.45, 7) is 1.84. The monoisotopic (exact) mass is 478 g/mol. The third-order valence-corrected chi connectivity index (χ3v) is 5.59. The van der Waals surface area contributed by atoms with E-state index in [0.29, 0.717) is 24.1 Å². The van der Waals surface area contributed by atoms with Crippen LogP contribution >= 0.6 is 11.6 Å². The van der Waals surface area contributed by atoms with Gasteiger partial charge in [0.25, 0.3) is 5.91 Å². The minimum atomic E-state index is -0.606. The summed E-state index contributed by atoms with van der Waals surface area (Å²) >= 11 is 6.13. The van der Waals surface area contributed by atoms with E-state index in [2.05, 4.69) is 21.6 Å². The van der Waals surface area contributed by atoms with Gasteiger partial charge in [0.05, 0.1) is 22.0 Å². The molecular formula is C24H20ClFN6O2. The maximum atomic E-state index is 14.4. The van der Waals surface area contributed by atoms with Gasteiger partial charge in [-0.3, -0.25) is 4.79 Å². The molecule has 1 amide bonds. The van der Waals surface area contributed by atoms with Gasteiger partial charge in [-0.05, 0) is 44.0 Å². The van der Waals surface area contributed by atoms with Crippen LogP contribution in [0.3, 0.4) is 0 Å². The average molecular weight is 479 g/mol. The van der Waals surface area contributed by atoms with Crippen molar-refractivity contribution in [2.45, 2.75) is 19.8 Å². The summed E-state index contributed by atoms with van der Waals surface area (Å²) in [5.41, 5.74) is 7.88. The number of carbonyl (C=O) groups is 1. The average Bonchev–Trinajstić information content (AvgIpc) is 3.36. The molecule has 2 heterocycles. The molecule has 4 aromatic rings. The Balaban J connectivity index is 1.46. The van der Waals surface area contributed by atoms with Crippen molar-refractivity contribution in [3.8, 4) is 23.0 Å². The molecule has 0 unspecified atom stereocenters. The molecule has 3 N–H and O–H groups in total. The Bertz CT molecular complexity index is 1370. The standard InChI is InChI=1S/C24H20ClFN6O2/c1-14-20(22(31-34-14)21-17(25)9-5-10-18(21)26)24(33)29-12-6-11-19-16(13-27)23(28)32(30-19)15-7-3-2-4-8-15/h2-5,7-10H,6,11-12,28H2,1H3,(H,29,33). The molecule has 0 saturated carbocycles. The van der Waals surface area contributed by atoms with Gasteiger partial charge in [-0.15, -0.1) is 0 Å². The van der Waals surface area contributed by atoms with Crippen LogP contribution in [0.25, 0.3) is 16.9 Å². The van der Waals surface area contributed by atoms with Crippen LogP contribution in [-0.2, 0) is 6.42 Å². The lowest BCUT2D eigenvalue weighted by Crippen LogP contribution is -2.25. The van der Waals surface area contributed by atoms with Crippen LogP contribution in [0.2, 0.25) is 5.02 Å². The Labute approximate surface area is 199 Å². The van der Waals surface area contributed by atoms with E-state index in [0.717, 1.165) is 5.69 Å². The van der Waals surface area contributed by atoms with Crippen LogP contribution in [0.1, 0.15) is 33.8 Å². The first-order chi connectivity index (χ1) is 16.4. The number of rotatable bonds is 7. The number of nitriles is 1.